The lowest BCUT2D eigenvalue weighted by molar-refractivity contribution is -0.141. The highest BCUT2D eigenvalue weighted by molar-refractivity contribution is 7.99. The van der Waals surface area contributed by atoms with E-state index in [1.165, 1.54) is 12.7 Å². The van der Waals surface area contributed by atoms with E-state index in [0.29, 0.717) is 23.5 Å². The van der Waals surface area contributed by atoms with E-state index in [0.717, 1.165) is 29.9 Å². The summed E-state index contributed by atoms with van der Waals surface area (Å²) in [6.07, 6.45) is 6.27. The number of hydrogen-bond acceptors (Lipinski definition) is 6. The van der Waals surface area contributed by atoms with Crippen LogP contribution in [0.5, 0.6) is 5.75 Å². The van der Waals surface area contributed by atoms with Gasteiger partial charge in [0.2, 0.25) is 0 Å². The van der Waals surface area contributed by atoms with Gasteiger partial charge in [0, 0.05) is 22.6 Å². The van der Waals surface area contributed by atoms with Gasteiger partial charge in [-0.2, -0.15) is 11.8 Å². The van der Waals surface area contributed by atoms with Crippen LogP contribution in [0.2, 0.25) is 0 Å². The second-order valence-corrected chi connectivity index (χ2v) is 8.89. The molecule has 0 bridgehead atoms. The van der Waals surface area contributed by atoms with Crippen LogP contribution in [0.1, 0.15) is 42.6 Å². The maximum Gasteiger partial charge on any atom is 0.323 e. The van der Waals surface area contributed by atoms with E-state index < -0.39 is 6.04 Å². The molecular formula is C27H33NO4S. The van der Waals surface area contributed by atoms with Crippen LogP contribution in [0.15, 0.2) is 77.9 Å². The fraction of sp³-hybridized carbons (Fsp3) is 0.333. The molecule has 5 nitrogen and oxygen atoms in total. The third kappa shape index (κ3) is 9.68. The minimum absolute atomic E-state index is 0.00589. The Hall–Kier alpha value is -2.83. The highest BCUT2D eigenvalue weighted by Crippen LogP contribution is 2.17. The van der Waals surface area contributed by atoms with Crippen molar-refractivity contribution in [3.05, 3.63) is 89.0 Å². The predicted molar refractivity (Wildman–Crippen MR) is 136 cm³/mol. The Morgan fingerprint density at radius 2 is 1.64 bits per heavy atom. The van der Waals surface area contributed by atoms with Crippen LogP contribution in [0.3, 0.4) is 0 Å². The monoisotopic (exact) mass is 467 g/mol. The molecule has 0 saturated heterocycles. The first-order chi connectivity index (χ1) is 15.9. The molecule has 0 unspecified atom stereocenters. The molecule has 0 fully saturated rings. The number of esters is 1. The SMILES string of the molecule is COC(=O)[C@@H](N)CSC/C=C(\C)CC/C=C(\C)COc1ccc(C(=O)c2ccccc2)cc1. The van der Waals surface area contributed by atoms with E-state index in [-0.39, 0.29) is 11.8 Å². The van der Waals surface area contributed by atoms with E-state index in [2.05, 4.69) is 30.7 Å². The van der Waals surface area contributed by atoms with Crippen LogP contribution >= 0.6 is 11.8 Å². The Bertz CT molecular complexity index is 952. The van der Waals surface area contributed by atoms with Gasteiger partial charge in [-0.05, 0) is 56.5 Å². The average Bonchev–Trinajstić information content (AvgIpc) is 2.85. The van der Waals surface area contributed by atoms with E-state index in [9.17, 15) is 9.59 Å². The summed E-state index contributed by atoms with van der Waals surface area (Å²) in [5.41, 5.74) is 9.51. The molecule has 2 N–H and O–H groups in total. The minimum Gasteiger partial charge on any atom is -0.489 e. The first kappa shape index (κ1) is 26.4. The van der Waals surface area contributed by atoms with Crippen molar-refractivity contribution in [2.75, 3.05) is 25.2 Å². The Balaban J connectivity index is 1.70. The number of thioether (sulfide) groups is 1. The van der Waals surface area contributed by atoms with Gasteiger partial charge in [0.05, 0.1) is 7.11 Å². The standard InChI is InChI=1S/C27H33NO4S/c1-20(16-17-33-19-25(28)27(30)31-3)8-7-9-21(2)18-32-24-14-12-23(13-15-24)26(29)22-10-5-4-6-11-22/h4-6,9-16,25H,7-8,17-19,28H2,1-3H3/b20-16+,21-9+/t25-/m0/s1. The van der Waals surface area contributed by atoms with Crippen LogP contribution in [0.4, 0.5) is 0 Å². The zero-order chi connectivity index (χ0) is 24.1. The molecule has 2 rings (SSSR count). The zero-order valence-electron chi connectivity index (χ0n) is 19.6. The molecule has 0 aromatic heterocycles. The third-order valence-corrected chi connectivity index (χ3v) is 6.00. The number of allylic oxidation sites excluding steroid dienone is 2. The largest absolute Gasteiger partial charge is 0.489 e. The van der Waals surface area contributed by atoms with E-state index in [1.54, 1.807) is 23.9 Å². The topological polar surface area (TPSA) is 78.6 Å². The lowest BCUT2D eigenvalue weighted by atomic mass is 10.0. The van der Waals surface area contributed by atoms with Crippen molar-refractivity contribution in [3.63, 3.8) is 0 Å². The summed E-state index contributed by atoms with van der Waals surface area (Å²) in [5.74, 6) is 1.75. The van der Waals surface area contributed by atoms with Crippen molar-refractivity contribution in [1.29, 1.82) is 0 Å². The molecule has 6 heteroatoms. The lowest BCUT2D eigenvalue weighted by Gasteiger charge is -2.08. The lowest BCUT2D eigenvalue weighted by Crippen LogP contribution is -2.33. The van der Waals surface area contributed by atoms with Crippen LogP contribution in [-0.2, 0) is 9.53 Å². The van der Waals surface area contributed by atoms with Crippen molar-refractivity contribution in [3.8, 4) is 5.75 Å². The van der Waals surface area contributed by atoms with Gasteiger partial charge in [0.15, 0.2) is 5.78 Å². The second kappa shape index (κ2) is 14.3. The Kier molecular flexibility index (Phi) is 11.5. The van der Waals surface area contributed by atoms with Crippen molar-refractivity contribution in [2.45, 2.75) is 32.7 Å². The average molecular weight is 468 g/mol. The number of carbonyl (C=O) groups is 2. The summed E-state index contributed by atoms with van der Waals surface area (Å²) in [7, 11) is 1.35. The van der Waals surface area contributed by atoms with Gasteiger partial charge in [-0.3, -0.25) is 9.59 Å². The molecule has 0 radical (unpaired) electrons. The van der Waals surface area contributed by atoms with E-state index >= 15 is 0 Å². The first-order valence-electron chi connectivity index (χ1n) is 11.0. The molecule has 2 aromatic rings. The Morgan fingerprint density at radius 3 is 2.30 bits per heavy atom. The van der Waals surface area contributed by atoms with Gasteiger partial charge in [0.25, 0.3) is 0 Å². The van der Waals surface area contributed by atoms with Crippen molar-refractivity contribution in [1.82, 2.24) is 0 Å². The van der Waals surface area contributed by atoms with Crippen molar-refractivity contribution >= 4 is 23.5 Å². The van der Waals surface area contributed by atoms with E-state index in [4.69, 9.17) is 10.5 Å². The molecule has 33 heavy (non-hydrogen) atoms. The van der Waals surface area contributed by atoms with Crippen molar-refractivity contribution < 1.29 is 19.1 Å². The van der Waals surface area contributed by atoms with Gasteiger partial charge in [-0.1, -0.05) is 48.1 Å². The maximum atomic E-state index is 12.5. The van der Waals surface area contributed by atoms with Crippen LogP contribution in [0.25, 0.3) is 0 Å². The summed E-state index contributed by atoms with van der Waals surface area (Å²) < 4.78 is 10.5. The number of hydrogen-bond donors (Lipinski definition) is 1. The summed E-state index contributed by atoms with van der Waals surface area (Å²) in [6, 6.07) is 15.9. The molecule has 176 valence electrons. The summed E-state index contributed by atoms with van der Waals surface area (Å²) in [5, 5.41) is 0. The number of rotatable bonds is 13. The smallest absolute Gasteiger partial charge is 0.323 e. The number of benzene rings is 2. The molecule has 2 aromatic carbocycles. The Labute approximate surface area is 201 Å². The number of carbonyl (C=O) groups excluding carboxylic acids is 2. The number of ketones is 1. The molecule has 0 saturated carbocycles. The van der Waals surface area contributed by atoms with Gasteiger partial charge in [0.1, 0.15) is 18.4 Å². The maximum absolute atomic E-state index is 12.5. The second-order valence-electron chi connectivity index (χ2n) is 7.81. The molecular weight excluding hydrogens is 434 g/mol. The molecule has 0 aliphatic heterocycles. The van der Waals surface area contributed by atoms with Crippen LogP contribution in [-0.4, -0.2) is 43.0 Å². The van der Waals surface area contributed by atoms with Gasteiger partial charge in [-0.15, -0.1) is 0 Å². The summed E-state index contributed by atoms with van der Waals surface area (Å²) >= 11 is 1.62. The molecule has 0 spiro atoms. The van der Waals surface area contributed by atoms with Crippen LogP contribution in [0, 0.1) is 0 Å². The van der Waals surface area contributed by atoms with Crippen LogP contribution < -0.4 is 10.5 Å². The molecule has 0 aliphatic rings. The van der Waals surface area contributed by atoms with E-state index in [1.807, 2.05) is 42.5 Å². The van der Waals surface area contributed by atoms with Gasteiger partial charge >= 0.3 is 5.97 Å². The molecule has 0 amide bonds. The quantitative estimate of drug-likeness (QED) is 0.189. The normalized spacial score (nSPS) is 12.8. The number of ether oxygens (including phenoxy) is 2. The Morgan fingerprint density at radius 1 is 0.970 bits per heavy atom. The first-order valence-corrected chi connectivity index (χ1v) is 12.1. The van der Waals surface area contributed by atoms with Gasteiger partial charge in [-0.25, -0.2) is 0 Å². The van der Waals surface area contributed by atoms with Gasteiger partial charge < -0.3 is 15.2 Å². The third-order valence-electron chi connectivity index (χ3n) is 5.00. The zero-order valence-corrected chi connectivity index (χ0v) is 20.4. The van der Waals surface area contributed by atoms with Crippen molar-refractivity contribution in [2.24, 2.45) is 5.73 Å². The highest BCUT2D eigenvalue weighted by atomic mass is 32.2. The summed E-state index contributed by atoms with van der Waals surface area (Å²) in [6.45, 7) is 4.67. The molecule has 1 atom stereocenters. The predicted octanol–water partition coefficient (Wildman–Crippen LogP) is 5.20. The fourth-order valence-corrected chi connectivity index (χ4v) is 3.91. The number of nitrogens with two attached hydrogens (primary N) is 1. The highest BCUT2D eigenvalue weighted by Gasteiger charge is 2.12. The minimum atomic E-state index is -0.570. The number of methoxy groups -OCH3 is 1. The molecule has 0 aliphatic carbocycles. The fourth-order valence-electron chi connectivity index (χ4n) is 2.98. The summed E-state index contributed by atoms with van der Waals surface area (Å²) in [4.78, 5) is 23.7. The molecule has 0 heterocycles.